The molecule has 0 saturated heterocycles. The van der Waals surface area contributed by atoms with Crippen molar-refractivity contribution in [1.29, 1.82) is 5.26 Å². The highest BCUT2D eigenvalue weighted by Gasteiger charge is 1.77. The summed E-state index contributed by atoms with van der Waals surface area (Å²) in [4.78, 5) is 9.41. The molecule has 0 saturated carbocycles. The van der Waals surface area contributed by atoms with Gasteiger partial charge in [-0.05, 0) is 12.5 Å². The van der Waals surface area contributed by atoms with Gasteiger partial charge in [-0.25, -0.2) is 0 Å². The number of rotatable bonds is 4. The SMILES string of the molecule is C=C(C)C=O.COCCOC#N. The number of aldehydes is 1. The van der Waals surface area contributed by atoms with Crippen LogP contribution in [0.4, 0.5) is 0 Å². The Balaban J connectivity index is 0. The summed E-state index contributed by atoms with van der Waals surface area (Å²) in [5.74, 6) is 0. The summed E-state index contributed by atoms with van der Waals surface area (Å²) in [5.41, 5.74) is 0.574. The zero-order valence-corrected chi connectivity index (χ0v) is 7.37. The molecule has 0 fully saturated rings. The first-order valence-corrected chi connectivity index (χ1v) is 3.29. The highest BCUT2D eigenvalue weighted by molar-refractivity contribution is 5.70. The summed E-state index contributed by atoms with van der Waals surface area (Å²) in [6, 6.07) is 0. The molecule has 0 unspecified atom stereocenters. The maximum atomic E-state index is 9.41. The Bertz CT molecular complexity index is 160. The van der Waals surface area contributed by atoms with Crippen LogP contribution in [0.2, 0.25) is 0 Å². The number of nitriles is 1. The number of ether oxygens (including phenoxy) is 2. The second-order valence-corrected chi connectivity index (χ2v) is 1.90. The van der Waals surface area contributed by atoms with Gasteiger partial charge in [0.05, 0.1) is 6.61 Å². The van der Waals surface area contributed by atoms with Crippen LogP contribution in [-0.2, 0) is 14.3 Å². The first-order valence-electron chi connectivity index (χ1n) is 3.29. The smallest absolute Gasteiger partial charge is 0.286 e. The average molecular weight is 171 g/mol. The molecule has 68 valence electrons. The van der Waals surface area contributed by atoms with E-state index in [0.717, 1.165) is 6.29 Å². The number of hydrogen-bond donors (Lipinski definition) is 0. The third kappa shape index (κ3) is 23.4. The fourth-order valence-corrected chi connectivity index (χ4v) is 0.171. The summed E-state index contributed by atoms with van der Waals surface area (Å²) in [6.07, 6.45) is 2.24. The molecule has 0 aliphatic heterocycles. The molecule has 0 aromatic heterocycles. The van der Waals surface area contributed by atoms with Gasteiger partial charge in [0.2, 0.25) is 0 Å². The molecule has 0 amide bonds. The molecular weight excluding hydrogens is 158 g/mol. The largest absolute Gasteiger partial charge is 0.425 e. The molecular formula is C8H13NO3. The molecule has 0 radical (unpaired) electrons. The molecule has 0 spiro atoms. The first-order chi connectivity index (χ1) is 5.68. The molecule has 0 aliphatic rings. The minimum atomic E-state index is 0.354. The minimum Gasteiger partial charge on any atom is -0.425 e. The Labute approximate surface area is 72.4 Å². The molecule has 0 heterocycles. The van der Waals surface area contributed by atoms with E-state index in [1.165, 1.54) is 6.26 Å². The number of carbonyl (C=O) groups excluding carboxylic acids is 1. The molecule has 0 aliphatic carbocycles. The van der Waals surface area contributed by atoms with Gasteiger partial charge in [-0.2, -0.15) is 5.26 Å². The highest BCUT2D eigenvalue weighted by atomic mass is 16.5. The topological polar surface area (TPSA) is 59.3 Å². The third-order valence-electron chi connectivity index (χ3n) is 0.655. The van der Waals surface area contributed by atoms with Crippen LogP contribution in [0.25, 0.3) is 0 Å². The van der Waals surface area contributed by atoms with Crippen molar-refractivity contribution >= 4 is 6.29 Å². The Morgan fingerprint density at radius 3 is 2.42 bits per heavy atom. The van der Waals surface area contributed by atoms with Crippen molar-refractivity contribution in [2.24, 2.45) is 0 Å². The summed E-state index contributed by atoms with van der Waals surface area (Å²) < 4.78 is 8.82. The van der Waals surface area contributed by atoms with E-state index in [-0.39, 0.29) is 0 Å². The fourth-order valence-electron chi connectivity index (χ4n) is 0.171. The molecule has 12 heavy (non-hydrogen) atoms. The van der Waals surface area contributed by atoms with Crippen molar-refractivity contribution in [2.75, 3.05) is 20.3 Å². The maximum absolute atomic E-state index is 9.41. The third-order valence-corrected chi connectivity index (χ3v) is 0.655. The normalized spacial score (nSPS) is 7.08. The van der Waals surface area contributed by atoms with Crippen LogP contribution in [-0.4, -0.2) is 26.6 Å². The van der Waals surface area contributed by atoms with Gasteiger partial charge in [0.15, 0.2) is 0 Å². The predicted molar refractivity (Wildman–Crippen MR) is 44.3 cm³/mol. The van der Waals surface area contributed by atoms with Gasteiger partial charge in [-0.1, -0.05) is 6.58 Å². The molecule has 4 heteroatoms. The van der Waals surface area contributed by atoms with Gasteiger partial charge in [-0.3, -0.25) is 4.79 Å². The van der Waals surface area contributed by atoms with Crippen molar-refractivity contribution in [3.63, 3.8) is 0 Å². The second-order valence-electron chi connectivity index (χ2n) is 1.90. The lowest BCUT2D eigenvalue weighted by Crippen LogP contribution is -1.96. The van der Waals surface area contributed by atoms with Crippen LogP contribution in [0.5, 0.6) is 0 Å². The van der Waals surface area contributed by atoms with Crippen LogP contribution >= 0.6 is 0 Å². The summed E-state index contributed by atoms with van der Waals surface area (Å²) >= 11 is 0. The van der Waals surface area contributed by atoms with Crippen LogP contribution in [0.3, 0.4) is 0 Å². The molecule has 0 aromatic rings. The van der Waals surface area contributed by atoms with Gasteiger partial charge in [0.1, 0.15) is 12.9 Å². The Hall–Kier alpha value is -1.34. The number of methoxy groups -OCH3 is 1. The van der Waals surface area contributed by atoms with Crippen molar-refractivity contribution in [1.82, 2.24) is 0 Å². The van der Waals surface area contributed by atoms with E-state index < -0.39 is 0 Å². The first kappa shape index (κ1) is 13.3. The zero-order chi connectivity index (χ0) is 9.82. The summed E-state index contributed by atoms with van der Waals surface area (Å²) in [5, 5.41) is 7.77. The zero-order valence-electron chi connectivity index (χ0n) is 7.37. The van der Waals surface area contributed by atoms with Crippen LogP contribution in [0.15, 0.2) is 12.2 Å². The lowest BCUT2D eigenvalue weighted by Gasteiger charge is -1.90. The van der Waals surface area contributed by atoms with Crippen molar-refractivity contribution < 1.29 is 14.3 Å². The number of nitrogens with zero attached hydrogens (tertiary/aromatic N) is 1. The Morgan fingerprint density at radius 1 is 1.67 bits per heavy atom. The summed E-state index contributed by atoms with van der Waals surface area (Å²) in [7, 11) is 1.56. The van der Waals surface area contributed by atoms with Gasteiger partial charge >= 0.3 is 0 Å². The second kappa shape index (κ2) is 12.3. The standard InChI is InChI=1S/C4H7NO2.C4H6O/c1-6-2-3-7-4-5;1-4(2)3-5/h2-3H2,1H3;3H,1H2,2H3. The van der Waals surface area contributed by atoms with Crippen LogP contribution in [0.1, 0.15) is 6.92 Å². The molecule has 0 atom stereocenters. The van der Waals surface area contributed by atoms with Crippen molar-refractivity contribution in [2.45, 2.75) is 6.92 Å². The van der Waals surface area contributed by atoms with Gasteiger partial charge < -0.3 is 9.47 Å². The lowest BCUT2D eigenvalue weighted by molar-refractivity contribution is -0.104. The minimum absolute atomic E-state index is 0.354. The quantitative estimate of drug-likeness (QED) is 0.273. The van der Waals surface area contributed by atoms with E-state index in [4.69, 9.17) is 5.26 Å². The van der Waals surface area contributed by atoms with Gasteiger partial charge in [0, 0.05) is 7.11 Å². The number of hydrogen-bond acceptors (Lipinski definition) is 4. The molecule has 0 rings (SSSR count). The Kier molecular flexibility index (Phi) is 13.6. The molecule has 0 bridgehead atoms. The van der Waals surface area contributed by atoms with Crippen LogP contribution in [0, 0.1) is 11.5 Å². The average Bonchev–Trinajstić information content (AvgIpc) is 2.07. The van der Waals surface area contributed by atoms with E-state index in [9.17, 15) is 4.79 Å². The van der Waals surface area contributed by atoms with Crippen molar-refractivity contribution in [3.8, 4) is 6.26 Å². The monoisotopic (exact) mass is 171 g/mol. The lowest BCUT2D eigenvalue weighted by atomic mass is 10.4. The van der Waals surface area contributed by atoms with E-state index in [1.807, 2.05) is 0 Å². The molecule has 0 N–H and O–H groups in total. The molecule has 4 nitrogen and oxygen atoms in total. The van der Waals surface area contributed by atoms with Crippen molar-refractivity contribution in [3.05, 3.63) is 12.2 Å². The molecule has 0 aromatic carbocycles. The van der Waals surface area contributed by atoms with Gasteiger partial charge in [0.25, 0.3) is 6.26 Å². The fraction of sp³-hybridized carbons (Fsp3) is 0.500. The highest BCUT2D eigenvalue weighted by Crippen LogP contribution is 1.71. The van der Waals surface area contributed by atoms with Crippen LogP contribution < -0.4 is 0 Å². The predicted octanol–water partition coefficient (Wildman–Crippen LogP) is 0.892. The van der Waals surface area contributed by atoms with E-state index in [1.54, 1.807) is 14.0 Å². The van der Waals surface area contributed by atoms with E-state index in [0.29, 0.717) is 18.8 Å². The maximum Gasteiger partial charge on any atom is 0.286 e. The van der Waals surface area contributed by atoms with E-state index in [2.05, 4.69) is 16.1 Å². The summed E-state index contributed by atoms with van der Waals surface area (Å²) in [6.45, 7) is 5.80. The Morgan fingerprint density at radius 2 is 2.17 bits per heavy atom. The van der Waals surface area contributed by atoms with Gasteiger partial charge in [-0.15, -0.1) is 0 Å². The number of allylic oxidation sites excluding steroid dienone is 1. The number of carbonyl (C=O) groups is 1. The van der Waals surface area contributed by atoms with E-state index >= 15 is 0 Å².